The van der Waals surface area contributed by atoms with Crippen molar-refractivity contribution in [1.82, 2.24) is 0 Å². The minimum absolute atomic E-state index is 0. The molecule has 0 radical (unpaired) electrons. The van der Waals surface area contributed by atoms with E-state index in [-0.39, 0.29) is 29.3 Å². The van der Waals surface area contributed by atoms with Crippen molar-refractivity contribution in [2.45, 2.75) is 66.1 Å². The van der Waals surface area contributed by atoms with E-state index >= 15 is 0 Å². The Hall–Kier alpha value is 0.254. The molecule has 1 aliphatic carbocycles. The minimum atomic E-state index is -1.65. The third-order valence-electron chi connectivity index (χ3n) is 4.52. The van der Waals surface area contributed by atoms with Crippen molar-refractivity contribution in [2.24, 2.45) is 5.41 Å². The van der Waals surface area contributed by atoms with Gasteiger partial charge in [-0.15, -0.1) is 5.41 Å². The van der Waals surface area contributed by atoms with Gasteiger partial charge < -0.3 is 10.5 Å². The second-order valence-electron chi connectivity index (χ2n) is 7.49. The van der Waals surface area contributed by atoms with Crippen LogP contribution in [0.2, 0.25) is 18.1 Å². The Morgan fingerprint density at radius 1 is 1.32 bits per heavy atom. The fraction of sp³-hybridized carbons (Fsp3) is 0.750. The van der Waals surface area contributed by atoms with Gasteiger partial charge in [0.1, 0.15) is 0 Å². The summed E-state index contributed by atoms with van der Waals surface area (Å²) in [4.78, 5) is 0. The summed E-state index contributed by atoms with van der Waals surface area (Å²) in [5.41, 5.74) is 2.91. The summed E-state index contributed by atoms with van der Waals surface area (Å²) < 4.78 is 6.37. The zero-order chi connectivity index (χ0) is 14.2. The number of hydrogen-bond donors (Lipinski definition) is 0. The molecule has 19 heavy (non-hydrogen) atoms. The van der Waals surface area contributed by atoms with Gasteiger partial charge in [-0.05, 0) is 31.5 Å². The van der Waals surface area contributed by atoms with Crippen LogP contribution in [0, 0.1) is 11.5 Å². The predicted octanol–water partition coefficient (Wildman–Crippen LogP) is 2.12. The van der Waals surface area contributed by atoms with Crippen LogP contribution >= 0.6 is 0 Å². The van der Waals surface area contributed by atoms with Gasteiger partial charge in [-0.25, -0.2) is 0 Å². The smallest absolute Gasteiger partial charge is 0.490 e. The normalized spacial score (nSPS) is 19.4. The monoisotopic (exact) mass is 272 g/mol. The zero-order valence-electron chi connectivity index (χ0n) is 14.4. The number of allylic oxidation sites excluding steroid dienone is 3. The van der Waals surface area contributed by atoms with E-state index < -0.39 is 8.32 Å². The van der Waals surface area contributed by atoms with Crippen LogP contribution in [0.25, 0.3) is 0 Å². The average molecular weight is 272 g/mol. The van der Waals surface area contributed by atoms with E-state index in [0.717, 1.165) is 13.0 Å². The van der Waals surface area contributed by atoms with Crippen molar-refractivity contribution in [1.29, 1.82) is 0 Å². The van der Waals surface area contributed by atoms with Crippen LogP contribution in [0.4, 0.5) is 0 Å². The van der Waals surface area contributed by atoms with Gasteiger partial charge in [0.25, 0.3) is 0 Å². The molecule has 0 heterocycles. The Kier molecular flexibility index (Phi) is 6.44. The van der Waals surface area contributed by atoms with Crippen molar-refractivity contribution in [3.05, 3.63) is 23.3 Å². The Balaban J connectivity index is 0.00000324. The molecule has 0 fully saturated rings. The van der Waals surface area contributed by atoms with Crippen molar-refractivity contribution in [3.8, 4) is 0 Å². The summed E-state index contributed by atoms with van der Waals surface area (Å²) in [5, 5.41) is 0.278. The van der Waals surface area contributed by atoms with E-state index in [1.807, 2.05) is 0 Å². The number of rotatable bonds is 3. The number of hydrogen-bond acceptors (Lipinski definition) is 1. The molecule has 0 saturated carbocycles. The van der Waals surface area contributed by atoms with Crippen LogP contribution in [-0.4, -0.2) is 14.9 Å². The maximum absolute atomic E-state index is 6.37. The molecule has 0 saturated heterocycles. The summed E-state index contributed by atoms with van der Waals surface area (Å²) >= 11 is 0. The Bertz CT molecular complexity index is 373. The molecular formula is C16H29LiOSi. The van der Waals surface area contributed by atoms with Gasteiger partial charge >= 0.3 is 18.9 Å². The van der Waals surface area contributed by atoms with Gasteiger partial charge in [-0.3, -0.25) is 6.08 Å². The molecule has 0 atom stereocenters. The Morgan fingerprint density at radius 2 is 1.84 bits per heavy atom. The third kappa shape index (κ3) is 4.64. The molecule has 0 unspecified atom stereocenters. The van der Waals surface area contributed by atoms with Gasteiger partial charge in [-0.1, -0.05) is 45.8 Å². The molecule has 104 valence electrons. The topological polar surface area (TPSA) is 9.23 Å². The summed E-state index contributed by atoms with van der Waals surface area (Å²) in [7, 11) is -1.65. The fourth-order valence-electron chi connectivity index (χ4n) is 1.98. The van der Waals surface area contributed by atoms with Gasteiger partial charge in [0.15, 0.2) is 8.32 Å². The molecule has 1 rings (SSSR count). The molecule has 0 amide bonds. The predicted molar refractivity (Wildman–Crippen MR) is 82.1 cm³/mol. The van der Waals surface area contributed by atoms with Crippen molar-refractivity contribution < 1.29 is 23.3 Å². The maximum atomic E-state index is 6.37. The van der Waals surface area contributed by atoms with Crippen LogP contribution in [0.1, 0.15) is 48.0 Å². The minimum Gasteiger partial charge on any atom is -0.490 e. The van der Waals surface area contributed by atoms with Crippen LogP contribution < -0.4 is 18.9 Å². The molecule has 0 N–H and O–H groups in total. The molecule has 1 nitrogen and oxygen atoms in total. The van der Waals surface area contributed by atoms with Crippen LogP contribution in [0.3, 0.4) is 0 Å². The van der Waals surface area contributed by atoms with Crippen molar-refractivity contribution in [2.75, 3.05) is 6.61 Å². The first kappa shape index (κ1) is 19.3. The first-order valence-electron chi connectivity index (χ1n) is 6.90. The molecule has 3 heteroatoms. The van der Waals surface area contributed by atoms with E-state index in [1.165, 1.54) is 11.1 Å². The van der Waals surface area contributed by atoms with Crippen molar-refractivity contribution in [3.63, 3.8) is 0 Å². The molecule has 0 aromatic rings. The Labute approximate surface area is 133 Å². The first-order chi connectivity index (χ1) is 7.97. The summed E-state index contributed by atoms with van der Waals surface area (Å²) in [5.74, 6) is 0. The molecule has 0 aromatic carbocycles. The molecule has 1 aliphatic rings. The maximum Gasteiger partial charge on any atom is 1.00 e. The second-order valence-corrected chi connectivity index (χ2v) is 12.3. The third-order valence-corrected chi connectivity index (χ3v) is 9.00. The molecular weight excluding hydrogens is 243 g/mol. The van der Waals surface area contributed by atoms with Gasteiger partial charge in [0.05, 0.1) is 6.61 Å². The average Bonchev–Trinajstić information content (AvgIpc) is 2.13. The van der Waals surface area contributed by atoms with E-state index in [4.69, 9.17) is 4.43 Å². The summed E-state index contributed by atoms with van der Waals surface area (Å²) in [6, 6.07) is 0. The van der Waals surface area contributed by atoms with E-state index in [1.54, 1.807) is 0 Å². The van der Waals surface area contributed by atoms with E-state index in [9.17, 15) is 0 Å². The quantitative estimate of drug-likeness (QED) is 0.434. The molecule has 0 aliphatic heterocycles. The SMILES string of the molecule is CC1=C(CO[Si](C)(C)C(C)(C)C)C(C)(C)[C-]=CC1.[Li+]. The Morgan fingerprint density at radius 3 is 2.26 bits per heavy atom. The first-order valence-corrected chi connectivity index (χ1v) is 9.81. The zero-order valence-corrected chi connectivity index (χ0v) is 15.4. The van der Waals surface area contributed by atoms with Gasteiger partial charge in [-0.2, -0.15) is 0 Å². The molecule has 0 spiro atoms. The van der Waals surface area contributed by atoms with E-state index in [2.05, 4.69) is 66.8 Å². The van der Waals surface area contributed by atoms with Gasteiger partial charge in [0, 0.05) is 0 Å². The van der Waals surface area contributed by atoms with Gasteiger partial charge in [0.2, 0.25) is 0 Å². The van der Waals surface area contributed by atoms with Crippen LogP contribution in [0.15, 0.2) is 17.2 Å². The standard InChI is InChI=1S/C16H29OSi.Li/c1-13-10-9-11-16(5,6)14(13)12-17-18(7,8)15(2,3)4;/h9H,10,12H2,1-8H3;/q-1;+1. The fourth-order valence-corrected chi connectivity index (χ4v) is 2.91. The molecule has 0 bridgehead atoms. The molecule has 0 aromatic heterocycles. The summed E-state index contributed by atoms with van der Waals surface area (Å²) in [6.45, 7) is 19.0. The van der Waals surface area contributed by atoms with Crippen molar-refractivity contribution >= 4 is 8.32 Å². The second kappa shape index (κ2) is 6.35. The van der Waals surface area contributed by atoms with Crippen LogP contribution in [-0.2, 0) is 4.43 Å². The van der Waals surface area contributed by atoms with E-state index in [0.29, 0.717) is 0 Å². The summed E-state index contributed by atoms with van der Waals surface area (Å²) in [6.07, 6.45) is 6.65. The largest absolute Gasteiger partial charge is 1.00 e. The van der Waals surface area contributed by atoms with Crippen LogP contribution in [0.5, 0.6) is 0 Å².